The Balaban J connectivity index is 1.83. The third-order valence-corrected chi connectivity index (χ3v) is 4.83. The van der Waals surface area contributed by atoms with Crippen LogP contribution >= 0.6 is 34.8 Å². The number of hydrogen-bond acceptors (Lipinski definition) is 3. The lowest BCUT2D eigenvalue weighted by molar-refractivity contribution is 0.0955. The van der Waals surface area contributed by atoms with E-state index in [4.69, 9.17) is 34.8 Å². The van der Waals surface area contributed by atoms with Crippen molar-refractivity contribution in [2.24, 2.45) is 5.10 Å². The second-order valence-corrected chi connectivity index (χ2v) is 7.00. The van der Waals surface area contributed by atoms with E-state index in [0.29, 0.717) is 10.0 Å². The van der Waals surface area contributed by atoms with E-state index in [1.54, 1.807) is 30.5 Å². The number of hydrogen-bond donors (Lipinski definition) is 1. The quantitative estimate of drug-likeness (QED) is 0.357. The van der Waals surface area contributed by atoms with Crippen molar-refractivity contribution >= 4 is 46.9 Å². The fourth-order valence-electron chi connectivity index (χ4n) is 2.73. The molecule has 0 bridgehead atoms. The van der Waals surface area contributed by atoms with Gasteiger partial charge >= 0.3 is 0 Å². The predicted octanol–water partition coefficient (Wildman–Crippen LogP) is 5.21. The molecule has 1 aromatic carbocycles. The minimum Gasteiger partial charge on any atom is -0.316 e. The Morgan fingerprint density at radius 2 is 1.96 bits per heavy atom. The molecule has 2 aromatic heterocycles. The van der Waals surface area contributed by atoms with E-state index in [-0.39, 0.29) is 10.7 Å². The summed E-state index contributed by atoms with van der Waals surface area (Å²) >= 11 is 18.2. The number of carbonyl (C=O) groups excluding carboxylic acids is 1. The molecule has 1 amide bonds. The number of nitrogens with one attached hydrogen (secondary N) is 1. The zero-order chi connectivity index (χ0) is 19.6. The highest BCUT2D eigenvalue weighted by Gasteiger charge is 2.13. The number of amides is 1. The third kappa shape index (κ3) is 4.16. The average molecular weight is 422 g/mol. The largest absolute Gasteiger partial charge is 0.316 e. The molecule has 0 atom stereocenters. The number of aryl methyl sites for hydroxylation is 1. The summed E-state index contributed by atoms with van der Waals surface area (Å²) in [5.74, 6) is -0.432. The highest BCUT2D eigenvalue weighted by atomic mass is 35.5. The third-order valence-electron chi connectivity index (χ3n) is 3.99. The molecule has 3 aromatic rings. The van der Waals surface area contributed by atoms with Crippen molar-refractivity contribution in [2.75, 3.05) is 0 Å². The molecule has 0 aliphatic rings. The minimum absolute atomic E-state index is 0.126. The number of pyridine rings is 1. The molecule has 0 aliphatic heterocycles. The number of rotatable bonds is 4. The van der Waals surface area contributed by atoms with E-state index < -0.39 is 5.91 Å². The van der Waals surface area contributed by atoms with E-state index in [1.165, 1.54) is 6.20 Å². The zero-order valence-electron chi connectivity index (χ0n) is 14.5. The van der Waals surface area contributed by atoms with Crippen LogP contribution in [0.25, 0.3) is 5.69 Å². The first-order valence-electron chi connectivity index (χ1n) is 7.96. The molecule has 1 N–H and O–H groups in total. The van der Waals surface area contributed by atoms with Gasteiger partial charge in [0.05, 0.1) is 22.5 Å². The Hall–Kier alpha value is -2.34. The zero-order valence-corrected chi connectivity index (χ0v) is 16.8. The Kier molecular flexibility index (Phi) is 5.85. The molecule has 3 rings (SSSR count). The smallest absolute Gasteiger partial charge is 0.274 e. The van der Waals surface area contributed by atoms with Gasteiger partial charge in [-0.05, 0) is 50.2 Å². The highest BCUT2D eigenvalue weighted by molar-refractivity contribution is 6.35. The highest BCUT2D eigenvalue weighted by Crippen LogP contribution is 2.28. The summed E-state index contributed by atoms with van der Waals surface area (Å²) in [4.78, 5) is 16.0. The maximum absolute atomic E-state index is 12.1. The predicted molar refractivity (Wildman–Crippen MR) is 110 cm³/mol. The Labute approximate surface area is 171 Å². The molecule has 0 fully saturated rings. The summed E-state index contributed by atoms with van der Waals surface area (Å²) in [6.45, 7) is 3.91. The average Bonchev–Trinajstić information content (AvgIpc) is 2.89. The number of nitrogens with zero attached hydrogens (tertiary/aromatic N) is 3. The number of carbonyl (C=O) groups is 1. The van der Waals surface area contributed by atoms with Crippen molar-refractivity contribution in [1.29, 1.82) is 0 Å². The number of halogens is 3. The Bertz CT molecular complexity index is 1040. The summed E-state index contributed by atoms with van der Waals surface area (Å²) in [6, 6.07) is 10.5. The summed E-state index contributed by atoms with van der Waals surface area (Å²) in [5.41, 5.74) is 6.28. The summed E-state index contributed by atoms with van der Waals surface area (Å²) in [7, 11) is 0. The number of benzene rings is 1. The molecule has 8 heteroatoms. The van der Waals surface area contributed by atoms with Crippen molar-refractivity contribution in [3.8, 4) is 5.69 Å². The van der Waals surface area contributed by atoms with Crippen molar-refractivity contribution in [2.45, 2.75) is 13.8 Å². The fraction of sp³-hybridized carbons (Fsp3) is 0.105. The SMILES string of the molecule is Cc1cc(C=NNC(=O)c2cccnc2Cl)c(C)n1-c1ccc(Cl)cc1Cl. The molecule has 138 valence electrons. The molecule has 0 saturated carbocycles. The molecule has 5 nitrogen and oxygen atoms in total. The van der Waals surface area contributed by atoms with Crippen molar-refractivity contribution in [3.63, 3.8) is 0 Å². The lowest BCUT2D eigenvalue weighted by Gasteiger charge is -2.11. The van der Waals surface area contributed by atoms with Gasteiger partial charge in [-0.15, -0.1) is 0 Å². The van der Waals surface area contributed by atoms with Gasteiger partial charge in [-0.1, -0.05) is 34.8 Å². The second kappa shape index (κ2) is 8.13. The lowest BCUT2D eigenvalue weighted by Crippen LogP contribution is -2.18. The van der Waals surface area contributed by atoms with Gasteiger partial charge in [-0.2, -0.15) is 5.10 Å². The standard InChI is InChI=1S/C19H15Cl3N4O/c1-11-8-13(10-24-25-19(27)15-4-3-7-23-18(15)22)12(2)26(11)17-6-5-14(20)9-16(17)21/h3-10H,1-2H3,(H,25,27). The van der Waals surface area contributed by atoms with Gasteiger partial charge in [0, 0.05) is 28.2 Å². The first-order valence-corrected chi connectivity index (χ1v) is 9.10. The van der Waals surface area contributed by atoms with Crippen molar-refractivity contribution in [3.05, 3.63) is 80.3 Å². The first-order chi connectivity index (χ1) is 12.9. The van der Waals surface area contributed by atoms with Crippen LogP contribution < -0.4 is 5.43 Å². The molecule has 0 saturated heterocycles. The molecule has 0 spiro atoms. The monoisotopic (exact) mass is 420 g/mol. The lowest BCUT2D eigenvalue weighted by atomic mass is 10.2. The van der Waals surface area contributed by atoms with E-state index in [0.717, 1.165) is 22.6 Å². The molecular formula is C19H15Cl3N4O. The summed E-state index contributed by atoms with van der Waals surface area (Å²) in [5, 5.41) is 5.27. The van der Waals surface area contributed by atoms with Crippen LogP contribution in [-0.4, -0.2) is 21.7 Å². The molecule has 27 heavy (non-hydrogen) atoms. The normalized spacial score (nSPS) is 11.1. The molecule has 0 unspecified atom stereocenters. The minimum atomic E-state index is -0.432. The van der Waals surface area contributed by atoms with Crippen LogP contribution in [0.15, 0.2) is 47.7 Å². The summed E-state index contributed by atoms with van der Waals surface area (Å²) < 4.78 is 2.00. The fourth-order valence-corrected chi connectivity index (χ4v) is 3.43. The van der Waals surface area contributed by atoms with Crippen LogP contribution in [0.4, 0.5) is 0 Å². The van der Waals surface area contributed by atoms with Crippen molar-refractivity contribution in [1.82, 2.24) is 15.0 Å². The second-order valence-electron chi connectivity index (χ2n) is 5.80. The molecule has 0 radical (unpaired) electrons. The van der Waals surface area contributed by atoms with Crippen LogP contribution in [0.1, 0.15) is 27.3 Å². The van der Waals surface area contributed by atoms with Crippen LogP contribution in [0, 0.1) is 13.8 Å². The Morgan fingerprint density at radius 1 is 1.19 bits per heavy atom. The van der Waals surface area contributed by atoms with Crippen LogP contribution in [0.5, 0.6) is 0 Å². The van der Waals surface area contributed by atoms with Crippen molar-refractivity contribution < 1.29 is 4.79 Å². The van der Waals surface area contributed by atoms with Gasteiger partial charge in [0.1, 0.15) is 5.15 Å². The van der Waals surface area contributed by atoms with Gasteiger partial charge < -0.3 is 4.57 Å². The topological polar surface area (TPSA) is 59.3 Å². The molecule has 2 heterocycles. The first kappa shape index (κ1) is 19.4. The van der Waals surface area contributed by atoms with E-state index >= 15 is 0 Å². The maximum Gasteiger partial charge on any atom is 0.274 e. The van der Waals surface area contributed by atoms with Gasteiger partial charge in [0.15, 0.2) is 0 Å². The Morgan fingerprint density at radius 3 is 2.67 bits per heavy atom. The maximum atomic E-state index is 12.1. The van der Waals surface area contributed by atoms with Crippen LogP contribution in [-0.2, 0) is 0 Å². The van der Waals surface area contributed by atoms with Gasteiger partial charge in [0.25, 0.3) is 5.91 Å². The van der Waals surface area contributed by atoms with E-state index in [9.17, 15) is 4.79 Å². The van der Waals surface area contributed by atoms with Crippen LogP contribution in [0.2, 0.25) is 15.2 Å². The van der Waals surface area contributed by atoms with Gasteiger partial charge in [-0.25, -0.2) is 10.4 Å². The molecule has 0 aliphatic carbocycles. The molecular weight excluding hydrogens is 407 g/mol. The van der Waals surface area contributed by atoms with Gasteiger partial charge in [0.2, 0.25) is 0 Å². The number of aromatic nitrogens is 2. The van der Waals surface area contributed by atoms with Crippen LogP contribution in [0.3, 0.4) is 0 Å². The van der Waals surface area contributed by atoms with E-state index in [1.807, 2.05) is 30.5 Å². The number of hydrazone groups is 1. The van der Waals surface area contributed by atoms with Gasteiger partial charge in [-0.3, -0.25) is 4.79 Å². The van der Waals surface area contributed by atoms with E-state index in [2.05, 4.69) is 15.5 Å². The summed E-state index contributed by atoms with van der Waals surface area (Å²) in [6.07, 6.45) is 3.09.